The van der Waals surface area contributed by atoms with E-state index in [4.69, 9.17) is 29.2 Å². The molecule has 0 radical (unpaired) electrons. The molecule has 7 N–H and O–H groups in total. The fourth-order valence-corrected chi connectivity index (χ4v) is 5.87. The molecule has 11 unspecified atom stereocenters. The molecule has 0 aromatic heterocycles. The first-order valence-corrected chi connectivity index (χ1v) is 13.8. The van der Waals surface area contributed by atoms with Gasteiger partial charge in [0.15, 0.2) is 6.29 Å². The number of hydrogen-bond acceptors (Lipinski definition) is 12. The molecule has 0 amide bonds. The van der Waals surface area contributed by atoms with E-state index in [2.05, 4.69) is 0 Å². The molecule has 2 bridgehead atoms. The van der Waals surface area contributed by atoms with Gasteiger partial charge in [-0.15, -0.1) is 0 Å². The Balaban J connectivity index is 1.70. The molecular weight excluding hydrogens is 560 g/mol. The number of carboxylic acid groups (broad SMARTS) is 2. The van der Waals surface area contributed by atoms with Gasteiger partial charge in [-0.05, 0) is 20.3 Å². The SMILES string of the molecule is C/C(=C\C=C/C1(O)C(C)C2CC(OC3OC(COC(=O)CC(C)(O)CC(=O)O)C(O)C(O)C3O)CC1(C)CO2)C(=O)O. The Hall–Kier alpha value is -2.43. The quantitative estimate of drug-likeness (QED) is 0.0898. The zero-order valence-corrected chi connectivity index (χ0v) is 24.1. The van der Waals surface area contributed by atoms with Gasteiger partial charge in [0.1, 0.15) is 31.0 Å². The molecule has 3 aliphatic heterocycles. The van der Waals surface area contributed by atoms with Crippen molar-refractivity contribution >= 4 is 17.9 Å². The number of aliphatic hydroxyl groups excluding tert-OH is 3. The van der Waals surface area contributed by atoms with E-state index in [9.17, 15) is 39.9 Å². The minimum atomic E-state index is -1.87. The Bertz CT molecular complexity index is 1070. The number of fused-ring (bicyclic) bond motifs is 4. The first kappa shape index (κ1) is 34.1. The monoisotopic (exact) mass is 602 g/mol. The van der Waals surface area contributed by atoms with E-state index < -0.39 is 103 Å². The second-order valence-electron chi connectivity index (χ2n) is 12.2. The van der Waals surface area contributed by atoms with Crippen LogP contribution in [0.1, 0.15) is 53.4 Å². The van der Waals surface area contributed by atoms with Crippen LogP contribution in [-0.4, -0.2) is 121 Å². The third-order valence-electron chi connectivity index (χ3n) is 8.50. The molecule has 3 saturated heterocycles. The Labute approximate surface area is 243 Å². The number of rotatable bonds is 11. The van der Waals surface area contributed by atoms with Crippen LogP contribution >= 0.6 is 0 Å². The Morgan fingerprint density at radius 1 is 1.10 bits per heavy atom. The second-order valence-corrected chi connectivity index (χ2v) is 12.2. The van der Waals surface area contributed by atoms with Crippen molar-refractivity contribution in [3.8, 4) is 0 Å². The normalized spacial score (nSPS) is 40.4. The van der Waals surface area contributed by atoms with Crippen LogP contribution in [0.25, 0.3) is 0 Å². The summed E-state index contributed by atoms with van der Waals surface area (Å²) in [5.41, 5.74) is -4.07. The van der Waals surface area contributed by atoms with Crippen LogP contribution in [0.15, 0.2) is 23.8 Å². The Morgan fingerprint density at radius 3 is 2.38 bits per heavy atom. The van der Waals surface area contributed by atoms with Gasteiger partial charge < -0.3 is 54.7 Å². The molecule has 14 nitrogen and oxygen atoms in total. The van der Waals surface area contributed by atoms with Crippen LogP contribution in [0.5, 0.6) is 0 Å². The number of ether oxygens (including phenoxy) is 4. The summed E-state index contributed by atoms with van der Waals surface area (Å²) < 4.78 is 22.8. The summed E-state index contributed by atoms with van der Waals surface area (Å²) in [7, 11) is 0. The van der Waals surface area contributed by atoms with E-state index >= 15 is 0 Å². The lowest BCUT2D eigenvalue weighted by molar-refractivity contribution is -0.313. The van der Waals surface area contributed by atoms with Crippen molar-refractivity contribution in [1.82, 2.24) is 0 Å². The van der Waals surface area contributed by atoms with Gasteiger partial charge >= 0.3 is 17.9 Å². The van der Waals surface area contributed by atoms with Gasteiger partial charge in [0.25, 0.3) is 0 Å². The summed E-state index contributed by atoms with van der Waals surface area (Å²) in [6.45, 7) is 5.81. The summed E-state index contributed by atoms with van der Waals surface area (Å²) in [4.78, 5) is 34.2. The predicted octanol–water partition coefficient (Wildman–Crippen LogP) is -0.509. The molecule has 0 spiro atoms. The first-order chi connectivity index (χ1) is 19.4. The zero-order chi connectivity index (χ0) is 31.6. The molecule has 0 aromatic carbocycles. The predicted molar refractivity (Wildman–Crippen MR) is 142 cm³/mol. The second kappa shape index (κ2) is 13.1. The van der Waals surface area contributed by atoms with Crippen LogP contribution in [-0.2, 0) is 33.3 Å². The van der Waals surface area contributed by atoms with E-state index in [1.54, 1.807) is 13.0 Å². The molecule has 42 heavy (non-hydrogen) atoms. The molecule has 238 valence electrons. The minimum Gasteiger partial charge on any atom is -0.481 e. The van der Waals surface area contributed by atoms with Crippen molar-refractivity contribution in [3.63, 3.8) is 0 Å². The fourth-order valence-electron chi connectivity index (χ4n) is 5.87. The summed E-state index contributed by atoms with van der Waals surface area (Å²) >= 11 is 0. The van der Waals surface area contributed by atoms with E-state index in [0.717, 1.165) is 6.92 Å². The third kappa shape index (κ3) is 7.55. The van der Waals surface area contributed by atoms with Gasteiger partial charge in [-0.1, -0.05) is 32.1 Å². The highest BCUT2D eigenvalue weighted by Gasteiger charge is 2.59. The average molecular weight is 603 g/mol. The molecule has 4 rings (SSSR count). The van der Waals surface area contributed by atoms with Crippen molar-refractivity contribution < 1.29 is 69.1 Å². The molecule has 4 aliphatic rings. The topological polar surface area (TPSA) is 230 Å². The van der Waals surface area contributed by atoms with Gasteiger partial charge in [-0.25, -0.2) is 4.79 Å². The zero-order valence-electron chi connectivity index (χ0n) is 24.1. The molecule has 4 fully saturated rings. The van der Waals surface area contributed by atoms with E-state index in [-0.39, 0.29) is 18.6 Å². The highest BCUT2D eigenvalue weighted by atomic mass is 16.7. The maximum atomic E-state index is 12.2. The lowest BCUT2D eigenvalue weighted by Gasteiger charge is -2.51. The van der Waals surface area contributed by atoms with Gasteiger partial charge in [0.2, 0.25) is 0 Å². The smallest absolute Gasteiger partial charge is 0.331 e. The number of hydrogen-bond donors (Lipinski definition) is 7. The number of aliphatic carboxylic acids is 2. The van der Waals surface area contributed by atoms with E-state index in [0.29, 0.717) is 6.42 Å². The molecule has 3 heterocycles. The van der Waals surface area contributed by atoms with E-state index in [1.165, 1.54) is 19.1 Å². The highest BCUT2D eigenvalue weighted by Crippen LogP contribution is 2.52. The standard InChI is InChI=1S/C28H42O14/c1-14(24(35)36)6-5-7-28(38)15(2)17-8-16(9-26(28,3)13-40-17)41-25-23(34)22(33)21(32)18(42-25)12-39-20(31)11-27(4,37)10-19(29)30/h5-7,15-18,21-23,25,32-34,37-38H,8-13H2,1-4H3,(H,29,30)(H,35,36)/b7-5-,14-6+. The van der Waals surface area contributed by atoms with Crippen LogP contribution in [0.4, 0.5) is 0 Å². The van der Waals surface area contributed by atoms with Gasteiger partial charge in [-0.2, -0.15) is 0 Å². The number of esters is 1. The van der Waals surface area contributed by atoms with Crippen molar-refractivity contribution in [2.24, 2.45) is 11.3 Å². The third-order valence-corrected chi connectivity index (χ3v) is 8.50. The minimum absolute atomic E-state index is 0.0963. The van der Waals surface area contributed by atoms with Gasteiger partial charge in [0.05, 0.1) is 42.9 Å². The van der Waals surface area contributed by atoms with Crippen molar-refractivity contribution in [2.75, 3.05) is 13.2 Å². The van der Waals surface area contributed by atoms with Crippen LogP contribution < -0.4 is 0 Å². The first-order valence-electron chi connectivity index (χ1n) is 13.8. The fraction of sp³-hybridized carbons (Fsp3) is 0.750. The van der Waals surface area contributed by atoms with Crippen LogP contribution in [0.3, 0.4) is 0 Å². The van der Waals surface area contributed by atoms with Crippen LogP contribution in [0.2, 0.25) is 0 Å². The van der Waals surface area contributed by atoms with E-state index in [1.807, 2.05) is 6.92 Å². The lowest BCUT2D eigenvalue weighted by atomic mass is 9.64. The van der Waals surface area contributed by atoms with Crippen molar-refractivity contribution in [2.45, 2.75) is 107 Å². The number of carboxylic acids is 2. The van der Waals surface area contributed by atoms with Gasteiger partial charge in [-0.3, -0.25) is 9.59 Å². The lowest BCUT2D eigenvalue weighted by Crippen LogP contribution is -2.60. The van der Waals surface area contributed by atoms with Crippen molar-refractivity contribution in [3.05, 3.63) is 23.8 Å². The number of carbonyl (C=O) groups excluding carboxylic acids is 1. The highest BCUT2D eigenvalue weighted by molar-refractivity contribution is 5.86. The van der Waals surface area contributed by atoms with Crippen LogP contribution in [0, 0.1) is 11.3 Å². The van der Waals surface area contributed by atoms with Gasteiger partial charge in [0, 0.05) is 23.3 Å². The summed E-state index contributed by atoms with van der Waals surface area (Å²) in [5.74, 6) is -3.78. The number of carbonyl (C=O) groups is 3. The molecule has 14 heteroatoms. The average Bonchev–Trinajstić information content (AvgIpc) is 3.08. The summed E-state index contributed by atoms with van der Waals surface area (Å²) in [5, 5.41) is 71.4. The maximum Gasteiger partial charge on any atom is 0.331 e. The molecule has 0 aromatic rings. The maximum absolute atomic E-state index is 12.2. The molecule has 1 saturated carbocycles. The summed E-state index contributed by atoms with van der Waals surface area (Å²) in [6.07, 6.45) is -5.29. The molecule has 11 atom stereocenters. The summed E-state index contributed by atoms with van der Waals surface area (Å²) in [6, 6.07) is 0. The number of allylic oxidation sites excluding steroid dienone is 2. The number of aliphatic hydroxyl groups is 5. The Kier molecular flexibility index (Phi) is 10.6. The molecule has 1 aliphatic carbocycles. The van der Waals surface area contributed by atoms with Crippen molar-refractivity contribution in [1.29, 1.82) is 0 Å². The molecular formula is C28H42O14. The largest absolute Gasteiger partial charge is 0.481 e. The Morgan fingerprint density at radius 2 is 1.76 bits per heavy atom.